The number of phenols is 1. The van der Waals surface area contributed by atoms with Gasteiger partial charge in [0.25, 0.3) is 0 Å². The van der Waals surface area contributed by atoms with Crippen LogP contribution in [0.15, 0.2) is 24.3 Å². The molecule has 0 aliphatic rings. The molecule has 0 fully saturated rings. The standard InChI is InChI=1S/C7H18NO3.C7H6O3/c1-8(2-5-9,3-6-10)4-7-11;8-6-4-2-1-3-5(6)7(9)10/h9-11H,2-7H2,1H3;1-4,8H,(H,9,10)/q+1;/p-1. The Kier molecular flexibility index (Phi) is 9.31. The Balaban J connectivity index is 0.000000382. The predicted molar refractivity (Wildman–Crippen MR) is 74.5 cm³/mol. The minimum Gasteiger partial charge on any atom is -0.545 e. The number of carbonyl (C=O) groups is 1. The van der Waals surface area contributed by atoms with E-state index in [-0.39, 0.29) is 31.1 Å². The van der Waals surface area contributed by atoms with Crippen molar-refractivity contribution in [3.05, 3.63) is 29.8 Å². The summed E-state index contributed by atoms with van der Waals surface area (Å²) in [5.74, 6) is -1.62. The highest BCUT2D eigenvalue weighted by Gasteiger charge is 2.18. The van der Waals surface area contributed by atoms with Crippen LogP contribution >= 0.6 is 0 Å². The number of hydrogen-bond donors (Lipinski definition) is 4. The van der Waals surface area contributed by atoms with Crippen molar-refractivity contribution >= 4 is 5.97 Å². The van der Waals surface area contributed by atoms with E-state index in [2.05, 4.69) is 0 Å². The van der Waals surface area contributed by atoms with Crippen LogP contribution in [-0.2, 0) is 0 Å². The van der Waals surface area contributed by atoms with Crippen molar-refractivity contribution in [3.8, 4) is 5.75 Å². The van der Waals surface area contributed by atoms with E-state index in [0.29, 0.717) is 24.1 Å². The van der Waals surface area contributed by atoms with E-state index in [1.54, 1.807) is 6.07 Å². The van der Waals surface area contributed by atoms with Gasteiger partial charge in [0.15, 0.2) is 0 Å². The predicted octanol–water partition coefficient (Wildman–Crippen LogP) is -1.83. The van der Waals surface area contributed by atoms with Crippen LogP contribution in [0.4, 0.5) is 0 Å². The van der Waals surface area contributed by atoms with Gasteiger partial charge in [-0.1, -0.05) is 12.1 Å². The fourth-order valence-electron chi connectivity index (χ4n) is 1.71. The minimum atomic E-state index is -1.36. The van der Waals surface area contributed by atoms with E-state index in [9.17, 15) is 9.90 Å². The number of aliphatic hydroxyl groups is 3. The van der Waals surface area contributed by atoms with Crippen molar-refractivity contribution in [2.45, 2.75) is 0 Å². The summed E-state index contributed by atoms with van der Waals surface area (Å²) in [6.45, 7) is 2.03. The lowest BCUT2D eigenvalue weighted by Crippen LogP contribution is -2.49. The van der Waals surface area contributed by atoms with Crippen LogP contribution in [-0.4, -0.2) is 77.4 Å². The summed E-state index contributed by atoms with van der Waals surface area (Å²) >= 11 is 0. The number of aromatic carboxylic acids is 1. The maximum atomic E-state index is 10.2. The molecule has 0 atom stereocenters. The van der Waals surface area contributed by atoms with Crippen molar-refractivity contribution < 1.29 is 34.8 Å². The lowest BCUT2D eigenvalue weighted by molar-refractivity contribution is -0.910. The molecule has 0 saturated heterocycles. The number of nitrogens with zero attached hydrogens (tertiary/aromatic N) is 1. The fraction of sp³-hybridized carbons (Fsp3) is 0.500. The van der Waals surface area contributed by atoms with Crippen molar-refractivity contribution in [2.24, 2.45) is 0 Å². The maximum Gasteiger partial charge on any atom is 0.124 e. The zero-order chi connectivity index (χ0) is 16.3. The SMILES string of the molecule is C[N+](CCO)(CCO)CCO.O=C([O-])c1ccccc1O. The van der Waals surface area contributed by atoms with E-state index < -0.39 is 5.97 Å². The molecule has 0 radical (unpaired) electrons. The van der Waals surface area contributed by atoms with Crippen LogP contribution < -0.4 is 5.11 Å². The molecule has 0 aliphatic heterocycles. The minimum absolute atomic E-state index is 0.0938. The lowest BCUT2D eigenvalue weighted by Gasteiger charge is -2.32. The first kappa shape index (κ1) is 19.3. The summed E-state index contributed by atoms with van der Waals surface area (Å²) in [4.78, 5) is 10.2. The molecule has 0 spiro atoms. The first-order chi connectivity index (χ1) is 9.90. The molecule has 0 bridgehead atoms. The van der Waals surface area contributed by atoms with Gasteiger partial charge in [-0.2, -0.15) is 0 Å². The Morgan fingerprint density at radius 1 is 1.05 bits per heavy atom. The number of rotatable bonds is 7. The molecule has 4 N–H and O–H groups in total. The second-order valence-corrected chi connectivity index (χ2v) is 4.77. The third-order valence-electron chi connectivity index (χ3n) is 3.04. The number of aromatic hydroxyl groups is 1. The first-order valence-electron chi connectivity index (χ1n) is 6.55. The highest BCUT2D eigenvalue weighted by molar-refractivity contribution is 5.88. The van der Waals surface area contributed by atoms with Crippen LogP contribution in [0.5, 0.6) is 5.75 Å². The summed E-state index contributed by atoms with van der Waals surface area (Å²) in [7, 11) is 1.91. The molecule has 0 aromatic heterocycles. The van der Waals surface area contributed by atoms with Gasteiger partial charge in [-0.3, -0.25) is 0 Å². The third kappa shape index (κ3) is 7.62. The van der Waals surface area contributed by atoms with Gasteiger partial charge in [0.05, 0.1) is 32.8 Å². The van der Waals surface area contributed by atoms with Crippen molar-refractivity contribution in [3.63, 3.8) is 0 Å². The molecular formula is C14H23NO6. The molecule has 1 rings (SSSR count). The average Bonchev–Trinajstić information content (AvgIpc) is 2.40. The van der Waals surface area contributed by atoms with Crippen LogP contribution in [0.25, 0.3) is 0 Å². The molecule has 21 heavy (non-hydrogen) atoms. The Morgan fingerprint density at radius 2 is 1.48 bits per heavy atom. The number of likely N-dealkylation sites (N-methyl/N-ethyl adjacent to an activating group) is 1. The number of carbonyl (C=O) groups excluding carboxylic acids is 1. The molecule has 1 aromatic carbocycles. The van der Waals surface area contributed by atoms with Gasteiger partial charge in [-0.25, -0.2) is 0 Å². The van der Waals surface area contributed by atoms with Crippen LogP contribution in [0, 0.1) is 0 Å². The molecule has 0 saturated carbocycles. The van der Waals surface area contributed by atoms with Gasteiger partial charge >= 0.3 is 0 Å². The number of carboxylic acids is 1. The van der Waals surface area contributed by atoms with Crippen molar-refractivity contribution in [1.82, 2.24) is 0 Å². The zero-order valence-electron chi connectivity index (χ0n) is 12.1. The number of para-hydroxylation sites is 1. The molecular weight excluding hydrogens is 278 g/mol. The van der Waals surface area contributed by atoms with Crippen molar-refractivity contribution in [1.29, 1.82) is 0 Å². The maximum absolute atomic E-state index is 10.2. The summed E-state index contributed by atoms with van der Waals surface area (Å²) in [6, 6.07) is 5.64. The largest absolute Gasteiger partial charge is 0.545 e. The highest BCUT2D eigenvalue weighted by Crippen LogP contribution is 2.13. The molecule has 7 heteroatoms. The van der Waals surface area contributed by atoms with Crippen LogP contribution in [0.3, 0.4) is 0 Å². The van der Waals surface area contributed by atoms with Gasteiger partial charge in [0.2, 0.25) is 0 Å². The summed E-state index contributed by atoms with van der Waals surface area (Å²) in [5.41, 5.74) is -0.178. The Labute approximate surface area is 123 Å². The fourth-order valence-corrected chi connectivity index (χ4v) is 1.71. The Morgan fingerprint density at radius 3 is 1.76 bits per heavy atom. The summed E-state index contributed by atoms with van der Waals surface area (Å²) in [5, 5.41) is 45.0. The van der Waals surface area contributed by atoms with Gasteiger partial charge in [0.1, 0.15) is 25.4 Å². The molecule has 1 aromatic rings. The van der Waals surface area contributed by atoms with E-state index in [4.69, 9.17) is 20.4 Å². The molecule has 0 heterocycles. The van der Waals surface area contributed by atoms with Gasteiger partial charge in [-0.05, 0) is 12.1 Å². The van der Waals surface area contributed by atoms with Gasteiger partial charge in [0, 0.05) is 5.56 Å². The van der Waals surface area contributed by atoms with Crippen LogP contribution in [0.2, 0.25) is 0 Å². The third-order valence-corrected chi connectivity index (χ3v) is 3.04. The van der Waals surface area contributed by atoms with Crippen molar-refractivity contribution in [2.75, 3.05) is 46.5 Å². The van der Waals surface area contributed by atoms with E-state index in [0.717, 1.165) is 0 Å². The highest BCUT2D eigenvalue weighted by atomic mass is 16.4. The second-order valence-electron chi connectivity index (χ2n) is 4.77. The molecule has 0 unspecified atom stereocenters. The van der Waals surface area contributed by atoms with Gasteiger partial charge < -0.3 is 34.8 Å². The van der Waals surface area contributed by atoms with E-state index in [1.807, 2.05) is 7.05 Å². The normalized spacial score (nSPS) is 10.7. The second kappa shape index (κ2) is 10.1. The van der Waals surface area contributed by atoms with Crippen LogP contribution in [0.1, 0.15) is 10.4 Å². The quantitative estimate of drug-likeness (QED) is 0.439. The number of aliphatic hydroxyl groups excluding tert-OH is 3. The summed E-state index contributed by atoms with van der Waals surface area (Å²) < 4.78 is 0.531. The number of hydrogen-bond acceptors (Lipinski definition) is 6. The molecule has 0 aliphatic carbocycles. The molecule has 0 amide bonds. The van der Waals surface area contributed by atoms with E-state index in [1.165, 1.54) is 18.2 Å². The smallest absolute Gasteiger partial charge is 0.124 e. The molecule has 120 valence electrons. The average molecular weight is 301 g/mol. The number of benzene rings is 1. The topological polar surface area (TPSA) is 121 Å². The monoisotopic (exact) mass is 301 g/mol. The van der Waals surface area contributed by atoms with E-state index >= 15 is 0 Å². The Hall–Kier alpha value is -1.67. The Bertz CT molecular complexity index is 407. The lowest BCUT2D eigenvalue weighted by atomic mass is 10.2. The molecule has 7 nitrogen and oxygen atoms in total. The zero-order valence-corrected chi connectivity index (χ0v) is 12.1. The summed E-state index contributed by atoms with van der Waals surface area (Å²) in [6.07, 6.45) is 0. The number of carboxylic acid groups (broad SMARTS) is 1. The number of quaternary nitrogens is 1. The first-order valence-corrected chi connectivity index (χ1v) is 6.55. The van der Waals surface area contributed by atoms with Gasteiger partial charge in [-0.15, -0.1) is 0 Å².